The normalized spacial score (nSPS) is 11.5. The Morgan fingerprint density at radius 2 is 1.90 bits per heavy atom. The summed E-state index contributed by atoms with van der Waals surface area (Å²) in [6.45, 7) is 6.52. The molecule has 29 heavy (non-hydrogen) atoms. The molecule has 150 valence electrons. The van der Waals surface area contributed by atoms with Gasteiger partial charge in [-0.25, -0.2) is 4.39 Å². The minimum atomic E-state index is -0.467. The summed E-state index contributed by atoms with van der Waals surface area (Å²) in [6.07, 6.45) is 5.31. The topological polar surface area (TPSA) is 42.3 Å². The molecule has 0 saturated heterocycles. The Kier molecular flexibility index (Phi) is 6.27. The molecule has 2 aromatic carbocycles. The quantitative estimate of drug-likeness (QED) is 0.422. The Hall–Kier alpha value is -3.21. The molecule has 1 amide bonds. The fourth-order valence-electron chi connectivity index (χ4n) is 3.35. The first kappa shape index (κ1) is 20.5. The maximum atomic E-state index is 13.4. The molecule has 4 nitrogen and oxygen atoms in total. The van der Waals surface area contributed by atoms with Gasteiger partial charge in [0.05, 0.1) is 6.54 Å². The van der Waals surface area contributed by atoms with Crippen LogP contribution in [0.1, 0.15) is 36.7 Å². The predicted molar refractivity (Wildman–Crippen MR) is 114 cm³/mol. The zero-order valence-electron chi connectivity index (χ0n) is 16.9. The largest absolute Gasteiger partial charge is 0.347 e. The molecule has 0 spiro atoms. The number of carbonyl (C=O) groups is 2. The molecule has 0 aliphatic carbocycles. The van der Waals surface area contributed by atoms with Gasteiger partial charge in [0, 0.05) is 46.9 Å². The molecule has 1 aromatic heterocycles. The van der Waals surface area contributed by atoms with E-state index in [2.05, 4.69) is 17.6 Å². The first-order valence-corrected chi connectivity index (χ1v) is 9.76. The van der Waals surface area contributed by atoms with Crippen LogP contribution in [0.4, 0.5) is 4.39 Å². The second kappa shape index (κ2) is 8.86. The average Bonchev–Trinajstić information content (AvgIpc) is 3.07. The van der Waals surface area contributed by atoms with Crippen molar-refractivity contribution in [2.75, 3.05) is 6.54 Å². The number of Topliss-reactive ketones (excluding diaryl/α,β-unsaturated/α-hetero) is 1. The highest BCUT2D eigenvalue weighted by Gasteiger charge is 2.19. The fraction of sp³-hybridized carbons (Fsp3) is 0.250. The molecule has 0 radical (unpaired) electrons. The van der Waals surface area contributed by atoms with Crippen molar-refractivity contribution < 1.29 is 14.0 Å². The number of carbonyl (C=O) groups excluding carboxylic acids is 2. The number of aryl methyl sites for hydroxylation is 1. The highest BCUT2D eigenvalue weighted by Crippen LogP contribution is 2.22. The third kappa shape index (κ3) is 4.62. The molecule has 1 heterocycles. The molecule has 0 fully saturated rings. The molecule has 0 unspecified atom stereocenters. The van der Waals surface area contributed by atoms with Gasteiger partial charge in [0.15, 0.2) is 5.78 Å². The first-order valence-electron chi connectivity index (χ1n) is 9.76. The molecule has 0 atom stereocenters. The van der Waals surface area contributed by atoms with Crippen molar-refractivity contribution in [2.24, 2.45) is 0 Å². The van der Waals surface area contributed by atoms with Crippen molar-refractivity contribution in [1.82, 2.24) is 9.47 Å². The molecular formula is C24H25FN2O2. The predicted octanol–water partition coefficient (Wildman–Crippen LogP) is 4.93. The minimum Gasteiger partial charge on any atom is -0.347 e. The van der Waals surface area contributed by atoms with Crippen molar-refractivity contribution in [3.63, 3.8) is 0 Å². The Balaban J connectivity index is 1.81. The second-order valence-corrected chi connectivity index (χ2v) is 7.21. The molecule has 0 saturated carbocycles. The van der Waals surface area contributed by atoms with Crippen LogP contribution >= 0.6 is 0 Å². The third-order valence-corrected chi connectivity index (χ3v) is 4.93. The summed E-state index contributed by atoms with van der Waals surface area (Å²) in [5.41, 5.74) is 2.33. The van der Waals surface area contributed by atoms with Gasteiger partial charge >= 0.3 is 0 Å². The lowest BCUT2D eigenvalue weighted by Crippen LogP contribution is -2.39. The van der Waals surface area contributed by atoms with Gasteiger partial charge in [0.1, 0.15) is 5.82 Å². The number of rotatable bonds is 7. The summed E-state index contributed by atoms with van der Waals surface area (Å²) in [6, 6.07) is 13.4. The van der Waals surface area contributed by atoms with Gasteiger partial charge in [-0.3, -0.25) is 9.59 Å². The second-order valence-electron chi connectivity index (χ2n) is 7.21. The standard InChI is InChI=1S/C24H25FN2O2/c1-4-26-15-19(21-10-5-6-11-22(21)26)12-13-24(29)27(17(2)3)16-23(28)18-8-7-9-20(25)14-18/h5-15,17H,4,16H2,1-3H3/b13-12+. The van der Waals surface area contributed by atoms with E-state index < -0.39 is 5.82 Å². The molecule has 3 aromatic rings. The van der Waals surface area contributed by atoms with Gasteiger partial charge in [-0.1, -0.05) is 30.3 Å². The van der Waals surface area contributed by atoms with Crippen LogP contribution in [-0.2, 0) is 11.3 Å². The van der Waals surface area contributed by atoms with Gasteiger partial charge in [0.2, 0.25) is 5.91 Å². The molecule has 5 heteroatoms. The van der Waals surface area contributed by atoms with E-state index in [0.717, 1.165) is 23.0 Å². The van der Waals surface area contributed by atoms with E-state index in [1.54, 1.807) is 12.1 Å². The van der Waals surface area contributed by atoms with E-state index in [9.17, 15) is 14.0 Å². The number of halogens is 1. The molecule has 3 rings (SSSR count). The van der Waals surface area contributed by atoms with E-state index >= 15 is 0 Å². The van der Waals surface area contributed by atoms with Crippen LogP contribution < -0.4 is 0 Å². The number of para-hydroxylation sites is 1. The smallest absolute Gasteiger partial charge is 0.247 e. The maximum Gasteiger partial charge on any atom is 0.247 e. The number of nitrogens with zero attached hydrogens (tertiary/aromatic N) is 2. The van der Waals surface area contributed by atoms with Crippen molar-refractivity contribution in [1.29, 1.82) is 0 Å². The summed E-state index contributed by atoms with van der Waals surface area (Å²) in [5, 5.41) is 1.07. The van der Waals surface area contributed by atoms with Gasteiger partial charge in [-0.15, -0.1) is 0 Å². The van der Waals surface area contributed by atoms with E-state index in [0.29, 0.717) is 0 Å². The number of ketones is 1. The van der Waals surface area contributed by atoms with Crippen molar-refractivity contribution in [3.05, 3.63) is 77.7 Å². The number of benzene rings is 2. The summed E-state index contributed by atoms with van der Waals surface area (Å²) in [4.78, 5) is 26.8. The molecule has 0 N–H and O–H groups in total. The number of hydrogen-bond donors (Lipinski definition) is 0. The van der Waals surface area contributed by atoms with Gasteiger partial charge < -0.3 is 9.47 Å². The van der Waals surface area contributed by atoms with E-state index in [-0.39, 0.29) is 29.8 Å². The summed E-state index contributed by atoms with van der Waals surface area (Å²) in [7, 11) is 0. The number of hydrogen-bond acceptors (Lipinski definition) is 2. The Morgan fingerprint density at radius 3 is 2.59 bits per heavy atom. The van der Waals surface area contributed by atoms with E-state index in [4.69, 9.17) is 0 Å². The lowest BCUT2D eigenvalue weighted by molar-refractivity contribution is -0.127. The van der Waals surface area contributed by atoms with Gasteiger partial charge in [-0.2, -0.15) is 0 Å². The number of aromatic nitrogens is 1. The van der Waals surface area contributed by atoms with Crippen molar-refractivity contribution in [3.8, 4) is 0 Å². The molecule has 0 bridgehead atoms. The molecule has 0 aliphatic heterocycles. The van der Waals surface area contributed by atoms with Crippen molar-refractivity contribution in [2.45, 2.75) is 33.4 Å². The Labute approximate surface area is 170 Å². The summed E-state index contributed by atoms with van der Waals surface area (Å²) < 4.78 is 15.5. The Morgan fingerprint density at radius 1 is 1.14 bits per heavy atom. The fourth-order valence-corrected chi connectivity index (χ4v) is 3.35. The average molecular weight is 392 g/mol. The van der Waals surface area contributed by atoms with Crippen LogP contribution in [0, 0.1) is 5.82 Å². The minimum absolute atomic E-state index is 0.0962. The van der Waals surface area contributed by atoms with Gasteiger partial charge in [-0.05, 0) is 45.0 Å². The van der Waals surface area contributed by atoms with Crippen LogP contribution in [0.15, 0.2) is 60.8 Å². The monoisotopic (exact) mass is 392 g/mol. The van der Waals surface area contributed by atoms with Crippen LogP contribution in [-0.4, -0.2) is 33.7 Å². The van der Waals surface area contributed by atoms with E-state index in [1.165, 1.54) is 29.2 Å². The number of amides is 1. The van der Waals surface area contributed by atoms with Crippen LogP contribution in [0.3, 0.4) is 0 Å². The molecule has 0 aliphatic rings. The maximum absolute atomic E-state index is 13.4. The highest BCUT2D eigenvalue weighted by atomic mass is 19.1. The van der Waals surface area contributed by atoms with E-state index in [1.807, 2.05) is 38.2 Å². The highest BCUT2D eigenvalue weighted by molar-refractivity contribution is 6.02. The lowest BCUT2D eigenvalue weighted by atomic mass is 10.1. The molecular weight excluding hydrogens is 367 g/mol. The summed E-state index contributed by atoms with van der Waals surface area (Å²) >= 11 is 0. The van der Waals surface area contributed by atoms with Gasteiger partial charge in [0.25, 0.3) is 0 Å². The third-order valence-electron chi connectivity index (χ3n) is 4.93. The van der Waals surface area contributed by atoms with Crippen LogP contribution in [0.2, 0.25) is 0 Å². The first-order chi connectivity index (χ1) is 13.9. The van der Waals surface area contributed by atoms with Crippen LogP contribution in [0.5, 0.6) is 0 Å². The van der Waals surface area contributed by atoms with Crippen LogP contribution in [0.25, 0.3) is 17.0 Å². The van der Waals surface area contributed by atoms with Crippen molar-refractivity contribution >= 4 is 28.7 Å². The number of fused-ring (bicyclic) bond motifs is 1. The summed E-state index contributed by atoms with van der Waals surface area (Å²) in [5.74, 6) is -1.01. The SMILES string of the molecule is CCn1cc(/C=C/C(=O)N(CC(=O)c2cccc(F)c2)C(C)C)c2ccccc21. The Bertz CT molecular complexity index is 1070. The lowest BCUT2D eigenvalue weighted by Gasteiger charge is -2.24. The zero-order valence-corrected chi connectivity index (χ0v) is 16.9. The zero-order chi connectivity index (χ0) is 21.0.